The molecule has 0 aliphatic carbocycles. The van der Waals surface area contributed by atoms with E-state index in [0.717, 1.165) is 19.6 Å². The first-order valence-electron chi connectivity index (χ1n) is 6.56. The Hall–Kier alpha value is -0.0800. The molecule has 0 saturated carbocycles. The number of rotatable bonds is 7. The Morgan fingerprint density at radius 2 is 2.20 bits per heavy atom. The van der Waals surface area contributed by atoms with Gasteiger partial charge < -0.3 is 9.47 Å². The Bertz CT molecular complexity index is 141. The summed E-state index contributed by atoms with van der Waals surface area (Å²) in [5.41, 5.74) is 0. The van der Waals surface area contributed by atoms with Crippen LogP contribution in [0.4, 0.5) is 0 Å². The summed E-state index contributed by atoms with van der Waals surface area (Å²) < 4.78 is 11.3. The smallest absolute Gasteiger partial charge is 0.157 e. The average Bonchev–Trinajstić information content (AvgIpc) is 2.28. The molecule has 1 aliphatic heterocycles. The first kappa shape index (κ1) is 13.0. The molecule has 0 spiro atoms. The van der Waals surface area contributed by atoms with Crippen LogP contribution >= 0.6 is 0 Å². The highest BCUT2D eigenvalue weighted by atomic mass is 16.7. The molecule has 0 aromatic carbocycles. The van der Waals surface area contributed by atoms with Crippen molar-refractivity contribution in [1.29, 1.82) is 0 Å². The summed E-state index contributed by atoms with van der Waals surface area (Å²) in [7, 11) is 0. The topological polar surface area (TPSA) is 18.5 Å². The van der Waals surface area contributed by atoms with Gasteiger partial charge in [0.05, 0.1) is 6.61 Å². The van der Waals surface area contributed by atoms with Gasteiger partial charge in [-0.15, -0.1) is 0 Å². The van der Waals surface area contributed by atoms with Crippen molar-refractivity contribution < 1.29 is 9.47 Å². The SMILES string of the molecule is CCCCC[C@H](C)COC1CCCCO1. The molecule has 0 amide bonds. The van der Waals surface area contributed by atoms with E-state index in [1.165, 1.54) is 38.5 Å². The molecule has 2 heteroatoms. The van der Waals surface area contributed by atoms with E-state index in [1.807, 2.05) is 0 Å². The summed E-state index contributed by atoms with van der Waals surface area (Å²) in [6.07, 6.45) is 8.92. The summed E-state index contributed by atoms with van der Waals surface area (Å²) in [5, 5.41) is 0. The second-order valence-corrected chi connectivity index (χ2v) is 4.73. The highest BCUT2D eigenvalue weighted by Gasteiger charge is 2.14. The van der Waals surface area contributed by atoms with Crippen LogP contribution in [0.2, 0.25) is 0 Å². The summed E-state index contributed by atoms with van der Waals surface area (Å²) >= 11 is 0. The highest BCUT2D eigenvalue weighted by Crippen LogP contribution is 2.16. The maximum atomic E-state index is 5.75. The van der Waals surface area contributed by atoms with Crippen molar-refractivity contribution in [3.8, 4) is 0 Å². The van der Waals surface area contributed by atoms with Gasteiger partial charge in [-0.25, -0.2) is 0 Å². The fourth-order valence-corrected chi connectivity index (χ4v) is 1.94. The number of hydrogen-bond acceptors (Lipinski definition) is 2. The van der Waals surface area contributed by atoms with Gasteiger partial charge in [-0.3, -0.25) is 0 Å². The van der Waals surface area contributed by atoms with E-state index in [1.54, 1.807) is 0 Å². The Balaban J connectivity index is 1.97. The van der Waals surface area contributed by atoms with Crippen molar-refractivity contribution in [2.45, 2.75) is 65.1 Å². The van der Waals surface area contributed by atoms with E-state index in [0.29, 0.717) is 5.92 Å². The van der Waals surface area contributed by atoms with Crippen molar-refractivity contribution in [2.75, 3.05) is 13.2 Å². The Kier molecular flexibility index (Phi) is 7.03. The molecule has 1 aliphatic rings. The van der Waals surface area contributed by atoms with Crippen molar-refractivity contribution in [3.05, 3.63) is 0 Å². The van der Waals surface area contributed by atoms with Gasteiger partial charge in [0.2, 0.25) is 0 Å². The molecule has 0 aromatic heterocycles. The molecule has 15 heavy (non-hydrogen) atoms. The van der Waals surface area contributed by atoms with Crippen LogP contribution in [0.5, 0.6) is 0 Å². The summed E-state index contributed by atoms with van der Waals surface area (Å²) in [5.74, 6) is 0.682. The van der Waals surface area contributed by atoms with Gasteiger partial charge in [-0.1, -0.05) is 33.1 Å². The third-order valence-electron chi connectivity index (χ3n) is 3.01. The number of hydrogen-bond donors (Lipinski definition) is 0. The number of unbranched alkanes of at least 4 members (excludes halogenated alkanes) is 2. The highest BCUT2D eigenvalue weighted by molar-refractivity contribution is 4.57. The number of ether oxygens (including phenoxy) is 2. The Morgan fingerprint density at radius 3 is 2.87 bits per heavy atom. The first-order chi connectivity index (χ1) is 7.33. The second kappa shape index (κ2) is 8.12. The van der Waals surface area contributed by atoms with Gasteiger partial charge in [0.1, 0.15) is 0 Å². The van der Waals surface area contributed by atoms with E-state index in [9.17, 15) is 0 Å². The van der Waals surface area contributed by atoms with Crippen LogP contribution in [0.1, 0.15) is 58.8 Å². The van der Waals surface area contributed by atoms with Gasteiger partial charge in [-0.2, -0.15) is 0 Å². The molecule has 2 atom stereocenters. The lowest BCUT2D eigenvalue weighted by molar-refractivity contribution is -0.168. The zero-order valence-electron chi connectivity index (χ0n) is 10.3. The zero-order chi connectivity index (χ0) is 10.9. The third-order valence-corrected chi connectivity index (χ3v) is 3.01. The molecule has 0 N–H and O–H groups in total. The Labute approximate surface area is 94.3 Å². The van der Waals surface area contributed by atoms with E-state index in [-0.39, 0.29) is 6.29 Å². The monoisotopic (exact) mass is 214 g/mol. The van der Waals surface area contributed by atoms with E-state index in [2.05, 4.69) is 13.8 Å². The fraction of sp³-hybridized carbons (Fsp3) is 1.00. The Morgan fingerprint density at radius 1 is 1.33 bits per heavy atom. The maximum absolute atomic E-state index is 5.75. The first-order valence-corrected chi connectivity index (χ1v) is 6.56. The molecule has 1 fully saturated rings. The summed E-state index contributed by atoms with van der Waals surface area (Å²) in [4.78, 5) is 0. The second-order valence-electron chi connectivity index (χ2n) is 4.73. The molecule has 1 heterocycles. The van der Waals surface area contributed by atoms with Crippen LogP contribution in [0.3, 0.4) is 0 Å². The molecular formula is C13H26O2. The minimum atomic E-state index is 0.0902. The zero-order valence-corrected chi connectivity index (χ0v) is 10.3. The standard InChI is InChI=1S/C13H26O2/c1-3-4-5-8-12(2)11-15-13-9-6-7-10-14-13/h12-13H,3-11H2,1-2H3/t12-,13?/m0/s1. The van der Waals surface area contributed by atoms with Crippen molar-refractivity contribution in [1.82, 2.24) is 0 Å². The average molecular weight is 214 g/mol. The third kappa shape index (κ3) is 6.16. The minimum absolute atomic E-state index is 0.0902. The van der Waals surface area contributed by atoms with Crippen LogP contribution in [-0.4, -0.2) is 19.5 Å². The quantitative estimate of drug-likeness (QED) is 0.601. The molecule has 0 aromatic rings. The predicted molar refractivity (Wildman–Crippen MR) is 62.8 cm³/mol. The molecule has 1 unspecified atom stereocenters. The van der Waals surface area contributed by atoms with Gasteiger partial charge in [0.15, 0.2) is 6.29 Å². The predicted octanol–water partition coefficient (Wildman–Crippen LogP) is 3.75. The van der Waals surface area contributed by atoms with Crippen molar-refractivity contribution in [3.63, 3.8) is 0 Å². The largest absolute Gasteiger partial charge is 0.353 e. The van der Waals surface area contributed by atoms with Crippen LogP contribution in [0.25, 0.3) is 0 Å². The van der Waals surface area contributed by atoms with Gasteiger partial charge in [0.25, 0.3) is 0 Å². The van der Waals surface area contributed by atoms with Crippen LogP contribution in [-0.2, 0) is 9.47 Å². The van der Waals surface area contributed by atoms with Crippen LogP contribution in [0.15, 0.2) is 0 Å². The van der Waals surface area contributed by atoms with E-state index >= 15 is 0 Å². The molecule has 90 valence electrons. The fourth-order valence-electron chi connectivity index (χ4n) is 1.94. The van der Waals surface area contributed by atoms with Crippen LogP contribution in [0, 0.1) is 5.92 Å². The molecule has 0 bridgehead atoms. The van der Waals surface area contributed by atoms with Gasteiger partial charge >= 0.3 is 0 Å². The van der Waals surface area contributed by atoms with Crippen molar-refractivity contribution in [2.24, 2.45) is 5.92 Å². The lowest BCUT2D eigenvalue weighted by atomic mass is 10.0. The lowest BCUT2D eigenvalue weighted by Crippen LogP contribution is -2.24. The molecule has 2 nitrogen and oxygen atoms in total. The van der Waals surface area contributed by atoms with Crippen LogP contribution < -0.4 is 0 Å². The summed E-state index contributed by atoms with van der Waals surface area (Å²) in [6, 6.07) is 0. The molecule has 1 saturated heterocycles. The molecule has 1 rings (SSSR count). The lowest BCUT2D eigenvalue weighted by Gasteiger charge is -2.24. The van der Waals surface area contributed by atoms with Gasteiger partial charge in [0, 0.05) is 6.61 Å². The van der Waals surface area contributed by atoms with Crippen molar-refractivity contribution >= 4 is 0 Å². The minimum Gasteiger partial charge on any atom is -0.353 e. The summed E-state index contributed by atoms with van der Waals surface area (Å²) in [6.45, 7) is 6.28. The van der Waals surface area contributed by atoms with Gasteiger partial charge in [-0.05, 0) is 31.6 Å². The normalized spacial score (nSPS) is 24.0. The van der Waals surface area contributed by atoms with E-state index < -0.39 is 0 Å². The van der Waals surface area contributed by atoms with E-state index in [4.69, 9.17) is 9.47 Å². The maximum Gasteiger partial charge on any atom is 0.157 e. The molecular weight excluding hydrogens is 188 g/mol. The molecule has 0 radical (unpaired) electrons.